The van der Waals surface area contributed by atoms with E-state index in [1.165, 1.54) is 48.8 Å². The van der Waals surface area contributed by atoms with Gasteiger partial charge in [-0.2, -0.15) is 0 Å². The highest BCUT2D eigenvalue weighted by molar-refractivity contribution is 7.11. The number of aromatic nitrogens is 1. The van der Waals surface area contributed by atoms with Crippen molar-refractivity contribution in [1.82, 2.24) is 14.8 Å². The maximum absolute atomic E-state index is 4.62. The molecule has 2 aliphatic rings. The largest absolute Gasteiger partial charge is 0.298 e. The first-order chi connectivity index (χ1) is 10.2. The van der Waals surface area contributed by atoms with Gasteiger partial charge < -0.3 is 0 Å². The van der Waals surface area contributed by atoms with E-state index in [-0.39, 0.29) is 0 Å². The Hall–Kier alpha value is -0.450. The van der Waals surface area contributed by atoms with Crippen LogP contribution in [-0.4, -0.2) is 46.5 Å². The second-order valence-electron chi connectivity index (χ2n) is 7.10. The average molecular weight is 308 g/mol. The number of rotatable bonds is 5. The van der Waals surface area contributed by atoms with E-state index in [0.29, 0.717) is 5.92 Å². The van der Waals surface area contributed by atoms with Gasteiger partial charge in [0, 0.05) is 49.2 Å². The van der Waals surface area contributed by atoms with Crippen molar-refractivity contribution < 1.29 is 0 Å². The standard InChI is InChI=1S/C17H29N3S/c1-4-14-10-19-7-5-6-15(19)11-20(14)12-16-9-18-17(21-16)8-13(2)3/h9,13-15H,4-8,10-12H2,1-3H3/t14-,15+/m0/s1. The summed E-state index contributed by atoms with van der Waals surface area (Å²) in [7, 11) is 0. The molecule has 1 aromatic rings. The van der Waals surface area contributed by atoms with Gasteiger partial charge in [0.25, 0.3) is 0 Å². The van der Waals surface area contributed by atoms with Crippen LogP contribution in [0.15, 0.2) is 6.20 Å². The summed E-state index contributed by atoms with van der Waals surface area (Å²) < 4.78 is 0. The average Bonchev–Trinajstić information content (AvgIpc) is 3.06. The van der Waals surface area contributed by atoms with Crippen LogP contribution in [-0.2, 0) is 13.0 Å². The lowest BCUT2D eigenvalue weighted by atomic mass is 10.1. The molecule has 0 unspecified atom stereocenters. The fourth-order valence-corrected chi connectivity index (χ4v) is 4.95. The Balaban J connectivity index is 1.63. The first-order valence-electron chi connectivity index (χ1n) is 8.57. The molecular formula is C17H29N3S. The van der Waals surface area contributed by atoms with Crippen LogP contribution in [0.3, 0.4) is 0 Å². The summed E-state index contributed by atoms with van der Waals surface area (Å²) in [5.74, 6) is 0.703. The predicted molar refractivity (Wildman–Crippen MR) is 89.7 cm³/mol. The minimum atomic E-state index is 0.703. The Kier molecular flexibility index (Phi) is 4.97. The third kappa shape index (κ3) is 3.66. The minimum Gasteiger partial charge on any atom is -0.298 e. The molecule has 2 saturated heterocycles. The number of thiazole rings is 1. The summed E-state index contributed by atoms with van der Waals surface area (Å²) in [6, 6.07) is 1.55. The molecule has 118 valence electrons. The summed E-state index contributed by atoms with van der Waals surface area (Å²) in [4.78, 5) is 11.5. The lowest BCUT2D eigenvalue weighted by Gasteiger charge is -2.43. The summed E-state index contributed by atoms with van der Waals surface area (Å²) in [5, 5.41) is 1.31. The lowest BCUT2D eigenvalue weighted by Crippen LogP contribution is -2.55. The fourth-order valence-electron chi connectivity index (χ4n) is 3.79. The molecule has 0 radical (unpaired) electrons. The molecule has 0 aliphatic carbocycles. The van der Waals surface area contributed by atoms with Crippen LogP contribution in [0.2, 0.25) is 0 Å². The first kappa shape index (κ1) is 15.4. The number of hydrogen-bond donors (Lipinski definition) is 0. The Bertz CT molecular complexity index is 457. The zero-order chi connectivity index (χ0) is 14.8. The molecule has 0 saturated carbocycles. The molecule has 3 nitrogen and oxygen atoms in total. The Morgan fingerprint density at radius 1 is 1.38 bits per heavy atom. The Morgan fingerprint density at radius 3 is 3.00 bits per heavy atom. The van der Waals surface area contributed by atoms with E-state index in [2.05, 4.69) is 41.8 Å². The van der Waals surface area contributed by atoms with Crippen molar-refractivity contribution in [2.24, 2.45) is 5.92 Å². The summed E-state index contributed by atoms with van der Waals surface area (Å²) in [6.07, 6.45) is 7.30. The second-order valence-corrected chi connectivity index (χ2v) is 8.30. The quantitative estimate of drug-likeness (QED) is 0.831. The van der Waals surface area contributed by atoms with Gasteiger partial charge in [-0.15, -0.1) is 11.3 Å². The highest BCUT2D eigenvalue weighted by Gasteiger charge is 2.35. The van der Waals surface area contributed by atoms with Crippen molar-refractivity contribution in [2.75, 3.05) is 19.6 Å². The van der Waals surface area contributed by atoms with Crippen LogP contribution in [0.4, 0.5) is 0 Å². The third-order valence-corrected chi connectivity index (χ3v) is 5.92. The van der Waals surface area contributed by atoms with Crippen LogP contribution in [0, 0.1) is 5.92 Å². The second kappa shape index (κ2) is 6.76. The van der Waals surface area contributed by atoms with E-state index < -0.39 is 0 Å². The molecule has 0 N–H and O–H groups in total. The zero-order valence-electron chi connectivity index (χ0n) is 13.7. The Labute approximate surface area is 133 Å². The molecular weight excluding hydrogens is 278 g/mol. The summed E-state index contributed by atoms with van der Waals surface area (Å²) in [6.45, 7) is 11.9. The van der Waals surface area contributed by atoms with E-state index in [9.17, 15) is 0 Å². The number of hydrogen-bond acceptors (Lipinski definition) is 4. The van der Waals surface area contributed by atoms with Gasteiger partial charge in [0.05, 0.1) is 5.01 Å². The van der Waals surface area contributed by atoms with Crippen LogP contribution in [0.1, 0.15) is 49.9 Å². The van der Waals surface area contributed by atoms with E-state index in [4.69, 9.17) is 0 Å². The van der Waals surface area contributed by atoms with Crippen LogP contribution in [0.25, 0.3) is 0 Å². The van der Waals surface area contributed by atoms with Crippen molar-refractivity contribution in [3.05, 3.63) is 16.1 Å². The van der Waals surface area contributed by atoms with Gasteiger partial charge in [-0.1, -0.05) is 20.8 Å². The van der Waals surface area contributed by atoms with E-state index >= 15 is 0 Å². The van der Waals surface area contributed by atoms with E-state index in [1.807, 2.05) is 11.3 Å². The van der Waals surface area contributed by atoms with Crippen molar-refractivity contribution in [3.8, 4) is 0 Å². The van der Waals surface area contributed by atoms with Crippen molar-refractivity contribution in [3.63, 3.8) is 0 Å². The maximum Gasteiger partial charge on any atom is 0.0930 e. The molecule has 3 heterocycles. The van der Waals surface area contributed by atoms with Gasteiger partial charge in [0.1, 0.15) is 0 Å². The van der Waals surface area contributed by atoms with Crippen molar-refractivity contribution >= 4 is 11.3 Å². The van der Waals surface area contributed by atoms with Gasteiger partial charge in [-0.25, -0.2) is 4.98 Å². The minimum absolute atomic E-state index is 0.703. The van der Waals surface area contributed by atoms with E-state index in [0.717, 1.165) is 25.0 Å². The van der Waals surface area contributed by atoms with Gasteiger partial charge in [0.2, 0.25) is 0 Å². The Morgan fingerprint density at radius 2 is 2.24 bits per heavy atom. The predicted octanol–water partition coefficient (Wildman–Crippen LogP) is 3.40. The molecule has 0 aromatic carbocycles. The smallest absolute Gasteiger partial charge is 0.0930 e. The zero-order valence-corrected chi connectivity index (χ0v) is 14.5. The number of nitrogens with zero attached hydrogens (tertiary/aromatic N) is 3. The fraction of sp³-hybridized carbons (Fsp3) is 0.824. The normalized spacial score (nSPS) is 27.4. The molecule has 2 atom stereocenters. The molecule has 0 bridgehead atoms. The topological polar surface area (TPSA) is 19.4 Å². The van der Waals surface area contributed by atoms with E-state index in [1.54, 1.807) is 0 Å². The van der Waals surface area contributed by atoms with Crippen molar-refractivity contribution in [1.29, 1.82) is 0 Å². The van der Waals surface area contributed by atoms with Gasteiger partial charge in [-0.05, 0) is 31.7 Å². The van der Waals surface area contributed by atoms with Crippen molar-refractivity contribution in [2.45, 2.75) is 65.1 Å². The highest BCUT2D eigenvalue weighted by atomic mass is 32.1. The molecule has 4 heteroatoms. The number of piperazine rings is 1. The highest BCUT2D eigenvalue weighted by Crippen LogP contribution is 2.28. The van der Waals surface area contributed by atoms with Crippen LogP contribution >= 0.6 is 11.3 Å². The monoisotopic (exact) mass is 307 g/mol. The van der Waals surface area contributed by atoms with Gasteiger partial charge in [-0.3, -0.25) is 9.80 Å². The van der Waals surface area contributed by atoms with Crippen LogP contribution in [0.5, 0.6) is 0 Å². The lowest BCUT2D eigenvalue weighted by molar-refractivity contribution is 0.0443. The molecule has 1 aromatic heterocycles. The molecule has 21 heavy (non-hydrogen) atoms. The first-order valence-corrected chi connectivity index (χ1v) is 9.39. The van der Waals surface area contributed by atoms with Gasteiger partial charge >= 0.3 is 0 Å². The summed E-state index contributed by atoms with van der Waals surface area (Å²) >= 11 is 1.93. The molecule has 2 fully saturated rings. The molecule has 0 spiro atoms. The molecule has 2 aliphatic heterocycles. The number of fused-ring (bicyclic) bond motifs is 1. The molecule has 0 amide bonds. The maximum atomic E-state index is 4.62. The third-order valence-electron chi connectivity index (χ3n) is 4.92. The SMILES string of the molecule is CC[C@H]1CN2CCC[C@@H]2CN1Cc1cnc(CC(C)C)s1. The van der Waals surface area contributed by atoms with Gasteiger partial charge in [0.15, 0.2) is 0 Å². The summed E-state index contributed by atoms with van der Waals surface area (Å²) in [5.41, 5.74) is 0. The van der Waals surface area contributed by atoms with Crippen LogP contribution < -0.4 is 0 Å². The molecule has 3 rings (SSSR count).